The predicted molar refractivity (Wildman–Crippen MR) is 36.1 cm³/mol. The summed E-state index contributed by atoms with van der Waals surface area (Å²) in [4.78, 5) is 1.82. The molecule has 0 atom stereocenters. The maximum atomic E-state index is 4.97. The van der Waals surface area contributed by atoms with Crippen LogP contribution in [0.3, 0.4) is 0 Å². The van der Waals surface area contributed by atoms with E-state index in [4.69, 9.17) is 6.42 Å². The van der Waals surface area contributed by atoms with E-state index >= 15 is 0 Å². The van der Waals surface area contributed by atoms with Crippen molar-refractivity contribution >= 4 is 15.9 Å². The van der Waals surface area contributed by atoms with Crippen molar-refractivity contribution < 1.29 is 0 Å². The summed E-state index contributed by atoms with van der Waals surface area (Å²) >= 11 is 3.13. The summed E-state index contributed by atoms with van der Waals surface area (Å²) < 4.78 is 0. The second kappa shape index (κ2) is 5.78. The third-order valence-electron chi connectivity index (χ3n) is 0.544. The molecule has 0 aliphatic carbocycles. The molecule has 0 heterocycles. The van der Waals surface area contributed by atoms with Crippen LogP contribution in [0, 0.1) is 12.3 Å². The van der Waals surface area contributed by atoms with Gasteiger partial charge in [0.15, 0.2) is 0 Å². The molecule has 0 spiro atoms. The van der Waals surface area contributed by atoms with E-state index in [-0.39, 0.29) is 0 Å². The second-order valence-corrected chi connectivity index (χ2v) is 1.63. The molecule has 0 N–H and O–H groups in total. The Kier molecular flexibility index (Phi) is 5.60. The lowest BCUT2D eigenvalue weighted by Gasteiger charge is -1.76. The van der Waals surface area contributed by atoms with Gasteiger partial charge in [-0.05, 0) is 11.4 Å². The molecule has 0 aliphatic rings. The number of rotatable bonds is 2. The minimum atomic E-state index is 0.835. The molecular weight excluding hydrogens is 152 g/mol. The van der Waals surface area contributed by atoms with Crippen molar-refractivity contribution in [2.24, 2.45) is 0 Å². The average Bonchev–Trinajstić information content (AvgIpc) is 1.69. The molecule has 0 rings (SSSR count). The monoisotopic (exact) mass is 158 g/mol. The Balaban J connectivity index is 2.87. The zero-order valence-corrected chi connectivity index (χ0v) is 5.61. The average molecular weight is 159 g/mol. The van der Waals surface area contributed by atoms with E-state index in [2.05, 4.69) is 21.9 Å². The zero-order valence-electron chi connectivity index (χ0n) is 4.02. The van der Waals surface area contributed by atoms with Crippen molar-refractivity contribution in [1.82, 2.24) is 0 Å². The first-order valence-electron chi connectivity index (χ1n) is 2.10. The number of halogens is 1. The summed E-state index contributed by atoms with van der Waals surface area (Å²) in [5.41, 5.74) is 0. The largest absolute Gasteiger partial charge is 0.120 e. The molecule has 0 radical (unpaired) electrons. The van der Waals surface area contributed by atoms with E-state index in [1.807, 2.05) is 11.1 Å². The number of hydrogen-bond donors (Lipinski definition) is 0. The summed E-state index contributed by atoms with van der Waals surface area (Å²) in [6.45, 7) is 0. The van der Waals surface area contributed by atoms with Gasteiger partial charge in [0, 0.05) is 6.42 Å². The van der Waals surface area contributed by atoms with Crippen LogP contribution in [0.4, 0.5) is 0 Å². The van der Waals surface area contributed by atoms with E-state index in [9.17, 15) is 0 Å². The third-order valence-corrected chi connectivity index (χ3v) is 0.918. The molecule has 0 aromatic carbocycles. The number of terminal acetylenes is 1. The minimum Gasteiger partial charge on any atom is -0.120 e. The number of hydrogen-bond acceptors (Lipinski definition) is 0. The van der Waals surface area contributed by atoms with Crippen LogP contribution in [-0.4, -0.2) is 0 Å². The zero-order chi connectivity index (χ0) is 5.54. The van der Waals surface area contributed by atoms with Crippen LogP contribution in [-0.2, 0) is 0 Å². The van der Waals surface area contributed by atoms with Gasteiger partial charge >= 0.3 is 0 Å². The highest BCUT2D eigenvalue weighted by molar-refractivity contribution is 9.11. The Labute approximate surface area is 52.7 Å². The molecule has 0 bridgehead atoms. The Morgan fingerprint density at radius 1 is 1.71 bits per heavy atom. The van der Waals surface area contributed by atoms with Crippen molar-refractivity contribution in [2.75, 3.05) is 0 Å². The van der Waals surface area contributed by atoms with Crippen molar-refractivity contribution in [3.8, 4) is 12.3 Å². The highest BCUT2D eigenvalue weighted by atomic mass is 79.9. The first kappa shape index (κ1) is 6.78. The summed E-state index contributed by atoms with van der Waals surface area (Å²) in [5.74, 6) is 2.53. The van der Waals surface area contributed by atoms with Gasteiger partial charge in [-0.15, -0.1) is 12.3 Å². The molecule has 0 aromatic heterocycles. The van der Waals surface area contributed by atoms with Crippen LogP contribution in [0.5, 0.6) is 0 Å². The van der Waals surface area contributed by atoms with Gasteiger partial charge in [-0.25, -0.2) is 0 Å². The van der Waals surface area contributed by atoms with Crippen LogP contribution in [0.2, 0.25) is 0 Å². The SMILES string of the molecule is C#CCC/C=C/Br. The van der Waals surface area contributed by atoms with Crippen molar-refractivity contribution in [3.63, 3.8) is 0 Å². The first-order chi connectivity index (χ1) is 3.41. The van der Waals surface area contributed by atoms with E-state index in [0.29, 0.717) is 0 Å². The van der Waals surface area contributed by atoms with Crippen molar-refractivity contribution in [2.45, 2.75) is 12.8 Å². The van der Waals surface area contributed by atoms with Crippen LogP contribution in [0.15, 0.2) is 11.1 Å². The van der Waals surface area contributed by atoms with E-state index < -0.39 is 0 Å². The summed E-state index contributed by atoms with van der Waals surface area (Å²) in [6.07, 6.45) is 8.77. The molecule has 0 aromatic rings. The van der Waals surface area contributed by atoms with Crippen LogP contribution in [0.1, 0.15) is 12.8 Å². The lowest BCUT2D eigenvalue weighted by atomic mass is 10.3. The van der Waals surface area contributed by atoms with Gasteiger partial charge in [-0.3, -0.25) is 0 Å². The summed E-state index contributed by atoms with van der Waals surface area (Å²) in [6, 6.07) is 0. The smallest absolute Gasteiger partial charge is 0.0121 e. The maximum absolute atomic E-state index is 4.97. The van der Waals surface area contributed by atoms with Gasteiger partial charge in [0.1, 0.15) is 0 Å². The molecule has 0 unspecified atom stereocenters. The maximum Gasteiger partial charge on any atom is 0.0121 e. The summed E-state index contributed by atoms with van der Waals surface area (Å²) in [5, 5.41) is 0. The molecule has 7 heavy (non-hydrogen) atoms. The van der Waals surface area contributed by atoms with Crippen molar-refractivity contribution in [1.29, 1.82) is 0 Å². The molecule has 1 heteroatoms. The fourth-order valence-electron chi connectivity index (χ4n) is 0.230. The Morgan fingerprint density at radius 2 is 2.43 bits per heavy atom. The van der Waals surface area contributed by atoms with E-state index in [1.54, 1.807) is 0 Å². The molecule has 0 fully saturated rings. The minimum absolute atomic E-state index is 0.835. The topological polar surface area (TPSA) is 0 Å². The van der Waals surface area contributed by atoms with Gasteiger partial charge in [0.25, 0.3) is 0 Å². The van der Waals surface area contributed by atoms with Gasteiger partial charge < -0.3 is 0 Å². The van der Waals surface area contributed by atoms with Gasteiger partial charge in [-0.2, -0.15) is 0 Å². The molecule has 0 nitrogen and oxygen atoms in total. The van der Waals surface area contributed by atoms with Crippen LogP contribution >= 0.6 is 15.9 Å². The van der Waals surface area contributed by atoms with Crippen LogP contribution < -0.4 is 0 Å². The molecule has 0 aliphatic heterocycles. The van der Waals surface area contributed by atoms with Gasteiger partial charge in [-0.1, -0.05) is 22.0 Å². The number of allylic oxidation sites excluding steroid dienone is 1. The highest BCUT2D eigenvalue weighted by Crippen LogP contribution is 1.90. The summed E-state index contributed by atoms with van der Waals surface area (Å²) in [7, 11) is 0. The third kappa shape index (κ3) is 5.78. The molecule has 0 saturated carbocycles. The molecule has 38 valence electrons. The van der Waals surface area contributed by atoms with Gasteiger partial charge in [0.05, 0.1) is 0 Å². The highest BCUT2D eigenvalue weighted by Gasteiger charge is 1.69. The Morgan fingerprint density at radius 3 is 2.86 bits per heavy atom. The molecule has 0 amide bonds. The van der Waals surface area contributed by atoms with Gasteiger partial charge in [0.2, 0.25) is 0 Å². The quantitative estimate of drug-likeness (QED) is 0.428. The normalized spacial score (nSPS) is 9.14. The van der Waals surface area contributed by atoms with Crippen LogP contribution in [0.25, 0.3) is 0 Å². The first-order valence-corrected chi connectivity index (χ1v) is 3.02. The number of unbranched alkanes of at least 4 members (excludes halogenated alkanes) is 1. The van der Waals surface area contributed by atoms with Crippen molar-refractivity contribution in [3.05, 3.63) is 11.1 Å². The van der Waals surface area contributed by atoms with E-state index in [1.165, 1.54) is 0 Å². The lowest BCUT2D eigenvalue weighted by Crippen LogP contribution is -1.58. The fraction of sp³-hybridized carbons (Fsp3) is 0.333. The Bertz CT molecular complexity index is 86.8. The fourth-order valence-corrected chi connectivity index (χ4v) is 0.494. The standard InChI is InChI=1S/C6H7Br/c1-2-3-4-5-6-7/h1,5-6H,3-4H2/b6-5+. The predicted octanol–water partition coefficient (Wildman–Crippen LogP) is 2.31. The molecular formula is C6H7Br. The Hall–Kier alpha value is -0.220. The molecule has 0 saturated heterocycles. The second-order valence-electron chi connectivity index (χ2n) is 1.10. The lowest BCUT2D eigenvalue weighted by molar-refractivity contribution is 1.09. The van der Waals surface area contributed by atoms with E-state index in [0.717, 1.165) is 12.8 Å².